The molecule has 3 aliphatic rings. The van der Waals surface area contributed by atoms with Gasteiger partial charge in [0.15, 0.2) is 0 Å². The molecule has 2 bridgehead atoms. The van der Waals surface area contributed by atoms with E-state index >= 15 is 4.39 Å². The zero-order valence-electron chi connectivity index (χ0n) is 29.0. The number of halogens is 2. The van der Waals surface area contributed by atoms with Crippen LogP contribution in [-0.2, 0) is 36.1 Å². The van der Waals surface area contributed by atoms with Crippen LogP contribution >= 0.6 is 11.6 Å². The van der Waals surface area contributed by atoms with Crippen molar-refractivity contribution < 1.29 is 31.9 Å². The highest BCUT2D eigenvalue weighted by molar-refractivity contribution is 7.89. The number of hydrogen-bond donors (Lipinski definition) is 1. The molecule has 2 aromatic rings. The molecule has 4 atom stereocenters. The van der Waals surface area contributed by atoms with Crippen molar-refractivity contribution in [2.24, 2.45) is 5.11 Å². The van der Waals surface area contributed by atoms with E-state index in [-0.39, 0.29) is 55.1 Å². The van der Waals surface area contributed by atoms with Gasteiger partial charge >= 0.3 is 6.09 Å². The second-order valence-electron chi connectivity index (χ2n) is 14.5. The largest absolute Gasteiger partial charge is 0.444 e. The molecule has 2 aromatic carbocycles. The van der Waals surface area contributed by atoms with Crippen molar-refractivity contribution in [3.63, 3.8) is 0 Å². The topological polar surface area (TPSA) is 154 Å². The standard InChI is InChI=1S/C35H46ClFN6O6S/c1-34(2,3)49-33(45)42-21-26(43-22-25(42)7-6-20-50(43,46)47)14-15-28-29(37)8-5-9-30(28)39-32(44)31(40-41-38)35(18-16-27(48-4)17-19-35)23-10-12-24(36)13-11-23/h5,8-13,25-27,31H,6-7,14-22H2,1-4H3,(H,39,44)/t25-,26+,27?,31-,35?/m1/s1. The van der Waals surface area contributed by atoms with Crippen LogP contribution in [-0.4, -0.2) is 85.4 Å². The molecule has 0 radical (unpaired) electrons. The summed E-state index contributed by atoms with van der Waals surface area (Å²) in [5, 5.41) is 7.41. The van der Waals surface area contributed by atoms with Crippen LogP contribution < -0.4 is 5.32 Å². The monoisotopic (exact) mass is 732 g/mol. The molecule has 272 valence electrons. The molecule has 1 aliphatic carbocycles. The maximum Gasteiger partial charge on any atom is 0.410 e. The van der Waals surface area contributed by atoms with Gasteiger partial charge in [-0.3, -0.25) is 4.79 Å². The highest BCUT2D eigenvalue weighted by Gasteiger charge is 2.47. The van der Waals surface area contributed by atoms with Crippen LogP contribution in [0.2, 0.25) is 5.02 Å². The molecule has 15 heteroatoms. The molecule has 0 aromatic heterocycles. The van der Waals surface area contributed by atoms with E-state index in [9.17, 15) is 23.5 Å². The SMILES string of the molecule is COC1CCC(c2ccc(Cl)cc2)([C@H](N=[N+]=[N-])C(=O)Nc2cccc(F)c2CC[C@H]2CN(C(=O)OC(C)(C)C)[C@@H]3CCCS(=O)(=O)N2C3)CC1. The van der Waals surface area contributed by atoms with E-state index in [1.165, 1.54) is 16.4 Å². The van der Waals surface area contributed by atoms with Crippen LogP contribution in [0, 0.1) is 5.82 Å². The van der Waals surface area contributed by atoms with Crippen LogP contribution in [0.15, 0.2) is 47.6 Å². The third kappa shape index (κ3) is 8.37. The molecule has 5 rings (SSSR count). The molecule has 0 spiro atoms. The maximum atomic E-state index is 15.6. The number of methoxy groups -OCH3 is 1. The summed E-state index contributed by atoms with van der Waals surface area (Å²) in [5.74, 6) is -1.20. The van der Waals surface area contributed by atoms with Crippen LogP contribution in [0.4, 0.5) is 14.9 Å². The number of nitrogens with one attached hydrogen (secondary N) is 1. The first kappa shape index (κ1) is 37.8. The van der Waals surface area contributed by atoms with E-state index in [1.54, 1.807) is 51.0 Å². The van der Waals surface area contributed by atoms with Gasteiger partial charge in [0.1, 0.15) is 17.5 Å². The number of anilines is 1. The van der Waals surface area contributed by atoms with E-state index in [2.05, 4.69) is 15.3 Å². The molecule has 3 fully saturated rings. The maximum absolute atomic E-state index is 15.6. The van der Waals surface area contributed by atoms with Crippen molar-refractivity contribution in [1.29, 1.82) is 0 Å². The number of sulfonamides is 1. The van der Waals surface area contributed by atoms with E-state index < -0.39 is 50.9 Å². The third-order valence-electron chi connectivity index (χ3n) is 10.2. The Morgan fingerprint density at radius 3 is 2.48 bits per heavy atom. The molecular formula is C35H46ClFN6O6S. The molecule has 1 saturated carbocycles. The van der Waals surface area contributed by atoms with Crippen LogP contribution in [0.25, 0.3) is 10.4 Å². The highest BCUT2D eigenvalue weighted by Crippen LogP contribution is 2.45. The average Bonchev–Trinajstić information content (AvgIpc) is 3.19. The molecule has 2 aliphatic heterocycles. The van der Waals surface area contributed by atoms with Gasteiger partial charge < -0.3 is 19.7 Å². The summed E-state index contributed by atoms with van der Waals surface area (Å²) in [5.41, 5.74) is 9.23. The van der Waals surface area contributed by atoms with Gasteiger partial charge in [-0.05, 0) is 107 Å². The van der Waals surface area contributed by atoms with Crippen molar-refractivity contribution >= 4 is 39.3 Å². The number of ether oxygens (including phenoxy) is 2. The van der Waals surface area contributed by atoms with Gasteiger partial charge in [0.2, 0.25) is 15.9 Å². The lowest BCUT2D eigenvalue weighted by Gasteiger charge is -2.44. The summed E-state index contributed by atoms with van der Waals surface area (Å²) in [6, 6.07) is 9.34. The second kappa shape index (κ2) is 15.4. The summed E-state index contributed by atoms with van der Waals surface area (Å²) in [6.07, 6.45) is 2.95. The fraction of sp³-hybridized carbons (Fsp3) is 0.600. The van der Waals surface area contributed by atoms with E-state index in [4.69, 9.17) is 21.1 Å². The van der Waals surface area contributed by atoms with Gasteiger partial charge in [0.25, 0.3) is 0 Å². The van der Waals surface area contributed by atoms with Crippen LogP contribution in [0.1, 0.15) is 76.8 Å². The predicted octanol–water partition coefficient (Wildman–Crippen LogP) is 6.97. The Bertz CT molecular complexity index is 1710. The van der Waals surface area contributed by atoms with Gasteiger partial charge in [-0.25, -0.2) is 17.6 Å². The predicted molar refractivity (Wildman–Crippen MR) is 189 cm³/mol. The first-order valence-electron chi connectivity index (χ1n) is 17.1. The minimum atomic E-state index is -3.61. The van der Waals surface area contributed by atoms with Gasteiger partial charge in [-0.15, -0.1) is 0 Å². The lowest BCUT2D eigenvalue weighted by Crippen LogP contribution is -2.60. The fourth-order valence-electron chi connectivity index (χ4n) is 7.66. The number of azide groups is 1. The van der Waals surface area contributed by atoms with Gasteiger partial charge in [0.05, 0.1) is 11.9 Å². The number of hydrogen-bond acceptors (Lipinski definition) is 7. The second-order valence-corrected chi connectivity index (χ2v) is 16.9. The van der Waals surface area contributed by atoms with Crippen molar-refractivity contribution in [1.82, 2.24) is 9.21 Å². The third-order valence-corrected chi connectivity index (χ3v) is 12.4. The number of amides is 2. The fourth-order valence-corrected chi connectivity index (χ4v) is 9.58. The zero-order valence-corrected chi connectivity index (χ0v) is 30.6. The lowest BCUT2D eigenvalue weighted by molar-refractivity contribution is -0.119. The molecule has 50 heavy (non-hydrogen) atoms. The molecule has 12 nitrogen and oxygen atoms in total. The number of fused-ring (bicyclic) bond motifs is 2. The van der Waals surface area contributed by atoms with E-state index in [0.29, 0.717) is 43.5 Å². The quantitative estimate of drug-likeness (QED) is 0.167. The smallest absolute Gasteiger partial charge is 0.410 e. The Morgan fingerprint density at radius 2 is 1.84 bits per heavy atom. The molecule has 2 saturated heterocycles. The Balaban J connectivity index is 1.41. The summed E-state index contributed by atoms with van der Waals surface area (Å²) in [4.78, 5) is 32.1. The van der Waals surface area contributed by atoms with E-state index in [0.717, 1.165) is 5.56 Å². The minimum Gasteiger partial charge on any atom is -0.444 e. The van der Waals surface area contributed by atoms with Crippen LogP contribution in [0.3, 0.4) is 0 Å². The highest BCUT2D eigenvalue weighted by atomic mass is 35.5. The molecule has 2 amide bonds. The van der Waals surface area contributed by atoms with Crippen LogP contribution in [0.5, 0.6) is 0 Å². The number of carbonyl (C=O) groups excluding carboxylic acids is 2. The summed E-state index contributed by atoms with van der Waals surface area (Å²) < 4.78 is 54.9. The van der Waals surface area contributed by atoms with E-state index in [1.807, 2.05) is 12.1 Å². The minimum absolute atomic E-state index is 0.00523. The molecule has 1 unspecified atom stereocenters. The van der Waals surface area contributed by atoms with Gasteiger partial charge in [-0.2, -0.15) is 4.31 Å². The summed E-state index contributed by atoms with van der Waals surface area (Å²) in [6.45, 7) is 5.56. The number of piperazine rings is 1. The number of rotatable bonds is 9. The van der Waals surface area contributed by atoms with Crippen molar-refractivity contribution in [3.8, 4) is 0 Å². The van der Waals surface area contributed by atoms with Crippen molar-refractivity contribution in [3.05, 3.63) is 74.9 Å². The Kier molecular flexibility index (Phi) is 11.7. The zero-order chi connectivity index (χ0) is 36.3. The lowest BCUT2D eigenvalue weighted by atomic mass is 9.64. The number of carbonyl (C=O) groups is 2. The summed E-state index contributed by atoms with van der Waals surface area (Å²) in [7, 11) is -1.97. The van der Waals surface area contributed by atoms with Crippen molar-refractivity contribution in [2.45, 2.75) is 107 Å². The number of nitrogens with zero attached hydrogens (tertiary/aromatic N) is 5. The average molecular weight is 733 g/mol. The Hall–Kier alpha value is -3.42. The van der Waals surface area contributed by atoms with Crippen molar-refractivity contribution in [2.75, 3.05) is 31.3 Å². The normalized spacial score (nSPS) is 27.0. The Morgan fingerprint density at radius 1 is 1.14 bits per heavy atom. The Labute approximate surface area is 298 Å². The molecular weight excluding hydrogens is 687 g/mol. The molecule has 1 N–H and O–H groups in total. The molecule has 2 heterocycles. The first-order valence-corrected chi connectivity index (χ1v) is 19.1. The first-order chi connectivity index (χ1) is 23.7. The van der Waals surface area contributed by atoms with Gasteiger partial charge in [-0.1, -0.05) is 34.9 Å². The summed E-state index contributed by atoms with van der Waals surface area (Å²) >= 11 is 6.19. The van der Waals surface area contributed by atoms with Gasteiger partial charge in [0, 0.05) is 58.9 Å². The number of benzene rings is 2.